The average molecular weight is 349 g/mol. The van der Waals surface area contributed by atoms with Gasteiger partial charge in [0.1, 0.15) is 15.9 Å². The lowest BCUT2D eigenvalue weighted by atomic mass is 10.1. The second-order valence-electron chi connectivity index (χ2n) is 4.88. The molecule has 1 aliphatic heterocycles. The first-order chi connectivity index (χ1) is 9.63. The van der Waals surface area contributed by atoms with Crippen molar-refractivity contribution in [3.8, 4) is 0 Å². The van der Waals surface area contributed by atoms with Gasteiger partial charge in [0.05, 0.1) is 11.7 Å². The van der Waals surface area contributed by atoms with Crippen LogP contribution >= 0.6 is 24.1 Å². The number of nitrogens with one attached hydrogen (secondary N) is 1. The number of likely N-dealkylation sites (N-methyl/N-ethyl adjacent to an activating group) is 1. The maximum absolute atomic E-state index is 12.8. The molecule has 3 rings (SSSR count). The highest BCUT2D eigenvalue weighted by molar-refractivity contribution is 7.89. The van der Waals surface area contributed by atoms with Gasteiger partial charge in [-0.05, 0) is 32.0 Å². The summed E-state index contributed by atoms with van der Waals surface area (Å²) >= 11 is 1.04. The van der Waals surface area contributed by atoms with Gasteiger partial charge < -0.3 is 5.32 Å². The lowest BCUT2D eigenvalue weighted by molar-refractivity contribution is 0.293. The molecule has 2 heterocycles. The molecule has 2 aromatic rings. The zero-order valence-electron chi connectivity index (χ0n) is 11.5. The number of piperidine rings is 1. The fourth-order valence-corrected chi connectivity index (χ4v) is 4.80. The predicted octanol–water partition coefficient (Wildman–Crippen LogP) is 1.49. The molecular formula is C12H17ClN4O2S2. The van der Waals surface area contributed by atoms with Gasteiger partial charge in [0.25, 0.3) is 0 Å². The molecule has 0 aliphatic carbocycles. The maximum atomic E-state index is 12.8. The van der Waals surface area contributed by atoms with E-state index >= 15 is 0 Å². The Hall–Kier alpha value is -0.800. The summed E-state index contributed by atoms with van der Waals surface area (Å²) in [6.45, 7) is 1.07. The molecule has 21 heavy (non-hydrogen) atoms. The van der Waals surface area contributed by atoms with Crippen LogP contribution in [0.1, 0.15) is 12.8 Å². The predicted molar refractivity (Wildman–Crippen MR) is 85.5 cm³/mol. The van der Waals surface area contributed by atoms with Crippen LogP contribution in [0.15, 0.2) is 23.1 Å². The standard InChI is InChI=1S/C12H16N4O2S2.ClH/c1-13-9-4-3-7-16(8-9)20(17,18)11-6-2-5-10-12(11)15-19-14-10;/h2,5-6,9,13H,3-4,7-8H2,1H3;1H. The monoisotopic (exact) mass is 348 g/mol. The van der Waals surface area contributed by atoms with Crippen molar-refractivity contribution in [3.05, 3.63) is 18.2 Å². The van der Waals surface area contributed by atoms with Gasteiger partial charge in [-0.25, -0.2) is 8.42 Å². The van der Waals surface area contributed by atoms with Crippen LogP contribution in [0.25, 0.3) is 11.0 Å². The quantitative estimate of drug-likeness (QED) is 0.909. The molecule has 1 N–H and O–H groups in total. The van der Waals surface area contributed by atoms with Gasteiger partial charge in [0, 0.05) is 19.1 Å². The lowest BCUT2D eigenvalue weighted by Gasteiger charge is -2.31. The molecule has 0 spiro atoms. The number of rotatable bonds is 3. The number of halogens is 1. The van der Waals surface area contributed by atoms with E-state index in [1.165, 1.54) is 0 Å². The Balaban J connectivity index is 0.00000161. The van der Waals surface area contributed by atoms with E-state index in [1.807, 2.05) is 7.05 Å². The summed E-state index contributed by atoms with van der Waals surface area (Å²) in [5.74, 6) is 0. The van der Waals surface area contributed by atoms with E-state index in [9.17, 15) is 8.42 Å². The third kappa shape index (κ3) is 3.04. The minimum absolute atomic E-state index is 0. The summed E-state index contributed by atoms with van der Waals surface area (Å²) in [4.78, 5) is 0.264. The molecule has 1 aliphatic rings. The number of sulfonamides is 1. The highest BCUT2D eigenvalue weighted by Gasteiger charge is 2.31. The Morgan fingerprint density at radius 2 is 2.19 bits per heavy atom. The van der Waals surface area contributed by atoms with Crippen LogP contribution in [0, 0.1) is 0 Å². The first-order valence-corrected chi connectivity index (χ1v) is 8.68. The van der Waals surface area contributed by atoms with Crippen LogP contribution < -0.4 is 5.32 Å². The fraction of sp³-hybridized carbons (Fsp3) is 0.500. The Morgan fingerprint density at radius 3 is 2.95 bits per heavy atom. The first kappa shape index (κ1) is 16.6. The molecule has 6 nitrogen and oxygen atoms in total. The van der Waals surface area contributed by atoms with Gasteiger partial charge >= 0.3 is 0 Å². The number of fused-ring (bicyclic) bond motifs is 1. The van der Waals surface area contributed by atoms with E-state index in [2.05, 4.69) is 14.1 Å². The highest BCUT2D eigenvalue weighted by atomic mass is 35.5. The van der Waals surface area contributed by atoms with Crippen molar-refractivity contribution in [1.29, 1.82) is 0 Å². The van der Waals surface area contributed by atoms with Crippen LogP contribution in [0.2, 0.25) is 0 Å². The Kier molecular flexibility index (Phi) is 5.15. The summed E-state index contributed by atoms with van der Waals surface area (Å²) in [6.07, 6.45) is 1.88. The van der Waals surface area contributed by atoms with E-state index in [1.54, 1.807) is 22.5 Å². The number of hydrogen-bond acceptors (Lipinski definition) is 6. The maximum Gasteiger partial charge on any atom is 0.245 e. The summed E-state index contributed by atoms with van der Waals surface area (Å²) in [7, 11) is -1.64. The average Bonchev–Trinajstić information content (AvgIpc) is 2.95. The Morgan fingerprint density at radius 1 is 1.38 bits per heavy atom. The SMILES string of the molecule is CNC1CCCN(S(=O)(=O)c2cccc3nsnc23)C1.Cl. The highest BCUT2D eigenvalue weighted by Crippen LogP contribution is 2.26. The van der Waals surface area contributed by atoms with Crippen molar-refractivity contribution in [3.63, 3.8) is 0 Å². The van der Waals surface area contributed by atoms with Crippen molar-refractivity contribution < 1.29 is 8.42 Å². The third-order valence-electron chi connectivity index (χ3n) is 3.66. The van der Waals surface area contributed by atoms with E-state index < -0.39 is 10.0 Å². The first-order valence-electron chi connectivity index (χ1n) is 6.51. The molecule has 0 amide bonds. The van der Waals surface area contributed by atoms with Gasteiger partial charge in [-0.3, -0.25) is 0 Å². The van der Waals surface area contributed by atoms with Crippen molar-refractivity contribution >= 4 is 45.2 Å². The molecule has 1 atom stereocenters. The summed E-state index contributed by atoms with van der Waals surface area (Å²) in [5, 5.41) is 3.16. The van der Waals surface area contributed by atoms with Crippen LogP contribution in [0.5, 0.6) is 0 Å². The number of hydrogen-bond donors (Lipinski definition) is 1. The molecule has 0 saturated carbocycles. The van der Waals surface area contributed by atoms with Crippen molar-refractivity contribution in [1.82, 2.24) is 18.4 Å². The molecule has 9 heteroatoms. The zero-order valence-corrected chi connectivity index (χ0v) is 14.0. The van der Waals surface area contributed by atoms with Gasteiger partial charge in [-0.15, -0.1) is 12.4 Å². The third-order valence-corrected chi connectivity index (χ3v) is 6.10. The second kappa shape index (κ2) is 6.53. The number of aromatic nitrogens is 2. The summed E-state index contributed by atoms with van der Waals surface area (Å²) in [6, 6.07) is 5.33. The second-order valence-corrected chi connectivity index (χ2v) is 7.31. The molecule has 1 fully saturated rings. The van der Waals surface area contributed by atoms with E-state index in [0.29, 0.717) is 24.1 Å². The molecule has 1 unspecified atom stereocenters. The fourth-order valence-electron chi connectivity index (χ4n) is 2.52. The van der Waals surface area contributed by atoms with Crippen LogP contribution in [-0.2, 0) is 10.0 Å². The topological polar surface area (TPSA) is 75.2 Å². The van der Waals surface area contributed by atoms with Gasteiger partial charge in [-0.2, -0.15) is 13.1 Å². The van der Waals surface area contributed by atoms with E-state index in [4.69, 9.17) is 0 Å². The molecule has 1 saturated heterocycles. The Bertz CT molecular complexity index is 719. The Labute approximate surface area is 134 Å². The number of nitrogens with zero attached hydrogens (tertiary/aromatic N) is 3. The minimum atomic E-state index is -3.50. The van der Waals surface area contributed by atoms with Gasteiger partial charge in [0.15, 0.2) is 0 Å². The van der Waals surface area contributed by atoms with Crippen molar-refractivity contribution in [2.24, 2.45) is 0 Å². The summed E-state index contributed by atoms with van der Waals surface area (Å²) < 4.78 is 35.4. The van der Waals surface area contributed by atoms with Gasteiger partial charge in [-0.1, -0.05) is 6.07 Å². The van der Waals surface area contributed by atoms with E-state index in [0.717, 1.165) is 24.6 Å². The smallest absolute Gasteiger partial charge is 0.245 e. The largest absolute Gasteiger partial charge is 0.316 e. The van der Waals surface area contributed by atoms with Crippen LogP contribution in [-0.4, -0.2) is 47.6 Å². The minimum Gasteiger partial charge on any atom is -0.316 e. The zero-order chi connectivity index (χ0) is 14.2. The summed E-state index contributed by atoms with van der Waals surface area (Å²) in [5.41, 5.74) is 1.11. The van der Waals surface area contributed by atoms with Crippen molar-refractivity contribution in [2.45, 2.75) is 23.8 Å². The van der Waals surface area contributed by atoms with E-state index in [-0.39, 0.29) is 23.3 Å². The molecule has 0 radical (unpaired) electrons. The normalized spacial score (nSPS) is 20.3. The van der Waals surface area contributed by atoms with Crippen molar-refractivity contribution in [2.75, 3.05) is 20.1 Å². The molecule has 1 aromatic carbocycles. The lowest BCUT2D eigenvalue weighted by Crippen LogP contribution is -2.46. The molecule has 0 bridgehead atoms. The molecular weight excluding hydrogens is 332 g/mol. The van der Waals surface area contributed by atoms with Crippen LogP contribution in [0.4, 0.5) is 0 Å². The number of benzene rings is 1. The van der Waals surface area contributed by atoms with Crippen LogP contribution in [0.3, 0.4) is 0 Å². The van der Waals surface area contributed by atoms with Gasteiger partial charge in [0.2, 0.25) is 10.0 Å². The molecule has 1 aromatic heterocycles. The molecule has 116 valence electrons.